The Morgan fingerprint density at radius 1 is 1.50 bits per heavy atom. The number of halogens is 1. The molecule has 0 aromatic heterocycles. The van der Waals surface area contributed by atoms with E-state index in [1.807, 2.05) is 19.1 Å². The maximum atomic E-state index is 11.3. The van der Waals surface area contributed by atoms with Crippen molar-refractivity contribution in [2.45, 2.75) is 13.5 Å². The molecular weight excluding hydrogens is 218 g/mol. The Labute approximate surface area is 79.1 Å². The average molecular weight is 226 g/mol. The summed E-state index contributed by atoms with van der Waals surface area (Å²) in [6.45, 7) is 2.61. The second kappa shape index (κ2) is 2.59. The van der Waals surface area contributed by atoms with Crippen LogP contribution in [0.15, 0.2) is 16.6 Å². The summed E-state index contributed by atoms with van der Waals surface area (Å²) in [4.78, 5) is 11.3. The smallest absolute Gasteiger partial charge is 0.252 e. The van der Waals surface area contributed by atoms with Crippen LogP contribution < -0.4 is 5.32 Å². The second-order valence-electron chi connectivity index (χ2n) is 2.94. The van der Waals surface area contributed by atoms with E-state index in [-0.39, 0.29) is 5.91 Å². The molecule has 0 radical (unpaired) electrons. The summed E-state index contributed by atoms with van der Waals surface area (Å²) in [6.07, 6.45) is 0. The number of rotatable bonds is 0. The summed E-state index contributed by atoms with van der Waals surface area (Å²) < 4.78 is 1.04. The van der Waals surface area contributed by atoms with Crippen LogP contribution in [-0.2, 0) is 6.54 Å². The van der Waals surface area contributed by atoms with Gasteiger partial charge in [0, 0.05) is 16.6 Å². The molecule has 0 saturated heterocycles. The van der Waals surface area contributed by atoms with E-state index in [0.29, 0.717) is 6.54 Å². The Balaban J connectivity index is 2.68. The van der Waals surface area contributed by atoms with Crippen LogP contribution in [0.4, 0.5) is 0 Å². The van der Waals surface area contributed by atoms with E-state index in [4.69, 9.17) is 0 Å². The molecule has 0 bridgehead atoms. The van der Waals surface area contributed by atoms with Gasteiger partial charge in [-0.1, -0.05) is 15.9 Å². The topological polar surface area (TPSA) is 29.1 Å². The van der Waals surface area contributed by atoms with Crippen LogP contribution in [0.2, 0.25) is 0 Å². The lowest BCUT2D eigenvalue weighted by atomic mass is 10.0. The zero-order valence-corrected chi connectivity index (χ0v) is 8.23. The van der Waals surface area contributed by atoms with Gasteiger partial charge >= 0.3 is 0 Å². The molecule has 1 aliphatic rings. The summed E-state index contributed by atoms with van der Waals surface area (Å²) in [6, 6.07) is 3.95. The molecule has 62 valence electrons. The summed E-state index contributed by atoms with van der Waals surface area (Å²) in [5.74, 6) is 0.0509. The van der Waals surface area contributed by atoms with Crippen molar-refractivity contribution in [3.05, 3.63) is 33.3 Å². The van der Waals surface area contributed by atoms with Gasteiger partial charge in [-0.3, -0.25) is 4.79 Å². The number of amides is 1. The highest BCUT2D eigenvalue weighted by Crippen LogP contribution is 2.24. The van der Waals surface area contributed by atoms with Crippen LogP contribution >= 0.6 is 15.9 Å². The molecule has 1 aromatic carbocycles. The number of nitrogens with one attached hydrogen (secondary N) is 1. The molecular formula is C9H8BrNO. The van der Waals surface area contributed by atoms with Gasteiger partial charge in [-0.05, 0) is 30.2 Å². The molecule has 0 aliphatic carbocycles. The molecule has 1 amide bonds. The van der Waals surface area contributed by atoms with Crippen molar-refractivity contribution in [2.24, 2.45) is 0 Å². The van der Waals surface area contributed by atoms with E-state index in [2.05, 4.69) is 21.2 Å². The van der Waals surface area contributed by atoms with Crippen molar-refractivity contribution in [3.8, 4) is 0 Å². The van der Waals surface area contributed by atoms with E-state index >= 15 is 0 Å². The molecule has 1 N–H and O–H groups in total. The van der Waals surface area contributed by atoms with Crippen molar-refractivity contribution >= 4 is 21.8 Å². The number of hydrogen-bond acceptors (Lipinski definition) is 1. The van der Waals surface area contributed by atoms with E-state index in [0.717, 1.165) is 21.2 Å². The molecule has 0 saturated carbocycles. The molecule has 0 fully saturated rings. The molecule has 2 rings (SSSR count). The quantitative estimate of drug-likeness (QED) is 0.720. The number of hydrogen-bond donors (Lipinski definition) is 1. The molecule has 0 atom stereocenters. The normalized spacial score (nSPS) is 14.3. The zero-order chi connectivity index (χ0) is 8.72. The largest absolute Gasteiger partial charge is 0.348 e. The number of carbonyl (C=O) groups is 1. The summed E-state index contributed by atoms with van der Waals surface area (Å²) in [5, 5.41) is 2.79. The van der Waals surface area contributed by atoms with Crippen LogP contribution in [0.1, 0.15) is 21.5 Å². The molecule has 2 nitrogen and oxygen atoms in total. The zero-order valence-electron chi connectivity index (χ0n) is 6.65. The highest BCUT2D eigenvalue weighted by Gasteiger charge is 2.20. The lowest BCUT2D eigenvalue weighted by Gasteiger charge is -2.01. The Hall–Kier alpha value is -0.830. The van der Waals surface area contributed by atoms with Crippen LogP contribution in [0.3, 0.4) is 0 Å². The van der Waals surface area contributed by atoms with Crippen molar-refractivity contribution in [3.63, 3.8) is 0 Å². The Morgan fingerprint density at radius 2 is 2.25 bits per heavy atom. The van der Waals surface area contributed by atoms with Crippen LogP contribution in [0, 0.1) is 6.92 Å². The first kappa shape index (κ1) is 7.80. The lowest BCUT2D eigenvalue weighted by Crippen LogP contribution is -2.13. The van der Waals surface area contributed by atoms with Gasteiger partial charge in [-0.25, -0.2) is 0 Å². The molecule has 1 aromatic rings. The fraction of sp³-hybridized carbons (Fsp3) is 0.222. The summed E-state index contributed by atoms with van der Waals surface area (Å²) in [5.41, 5.74) is 2.97. The molecule has 3 heteroatoms. The first-order valence-electron chi connectivity index (χ1n) is 3.75. The maximum absolute atomic E-state index is 11.3. The fourth-order valence-electron chi connectivity index (χ4n) is 1.54. The monoisotopic (exact) mass is 225 g/mol. The SMILES string of the molecule is Cc1cc(Br)cc2c1C(=O)NC2. The molecule has 1 heterocycles. The lowest BCUT2D eigenvalue weighted by molar-refractivity contribution is 0.0965. The standard InChI is InChI=1S/C9H8BrNO/c1-5-2-7(10)3-6-4-11-9(12)8(5)6/h2-3H,4H2,1H3,(H,11,12). The van der Waals surface area contributed by atoms with Gasteiger partial charge in [0.15, 0.2) is 0 Å². The minimum atomic E-state index is 0.0509. The second-order valence-corrected chi connectivity index (χ2v) is 3.86. The Morgan fingerprint density at radius 3 is 3.00 bits per heavy atom. The maximum Gasteiger partial charge on any atom is 0.252 e. The van der Waals surface area contributed by atoms with Crippen LogP contribution in [0.5, 0.6) is 0 Å². The van der Waals surface area contributed by atoms with Crippen LogP contribution in [0.25, 0.3) is 0 Å². The number of carbonyl (C=O) groups excluding carboxylic acids is 1. The minimum absolute atomic E-state index is 0.0509. The number of fused-ring (bicyclic) bond motifs is 1. The Bertz CT molecular complexity index is 360. The van der Waals surface area contributed by atoms with Gasteiger partial charge in [-0.2, -0.15) is 0 Å². The van der Waals surface area contributed by atoms with Crippen molar-refractivity contribution in [1.82, 2.24) is 5.32 Å². The molecule has 12 heavy (non-hydrogen) atoms. The van der Waals surface area contributed by atoms with Gasteiger partial charge in [-0.15, -0.1) is 0 Å². The molecule has 0 unspecified atom stereocenters. The predicted molar refractivity (Wildman–Crippen MR) is 50.0 cm³/mol. The predicted octanol–water partition coefficient (Wildman–Crippen LogP) is 2.00. The summed E-state index contributed by atoms with van der Waals surface area (Å²) in [7, 11) is 0. The average Bonchev–Trinajstić information content (AvgIpc) is 2.31. The van der Waals surface area contributed by atoms with E-state index < -0.39 is 0 Å². The third-order valence-electron chi connectivity index (χ3n) is 2.05. The van der Waals surface area contributed by atoms with E-state index in [1.54, 1.807) is 0 Å². The van der Waals surface area contributed by atoms with E-state index in [9.17, 15) is 4.79 Å². The highest BCUT2D eigenvalue weighted by atomic mass is 79.9. The first-order valence-corrected chi connectivity index (χ1v) is 4.55. The summed E-state index contributed by atoms with van der Waals surface area (Å²) >= 11 is 3.40. The van der Waals surface area contributed by atoms with Gasteiger partial charge in [0.2, 0.25) is 0 Å². The molecule has 1 aliphatic heterocycles. The molecule has 0 spiro atoms. The highest BCUT2D eigenvalue weighted by molar-refractivity contribution is 9.10. The number of aryl methyl sites for hydroxylation is 1. The third-order valence-corrected chi connectivity index (χ3v) is 2.51. The van der Waals surface area contributed by atoms with Gasteiger partial charge < -0.3 is 5.32 Å². The van der Waals surface area contributed by atoms with Crippen molar-refractivity contribution in [2.75, 3.05) is 0 Å². The van der Waals surface area contributed by atoms with Crippen LogP contribution in [-0.4, -0.2) is 5.91 Å². The van der Waals surface area contributed by atoms with Gasteiger partial charge in [0.05, 0.1) is 0 Å². The van der Waals surface area contributed by atoms with Gasteiger partial charge in [0.1, 0.15) is 0 Å². The van der Waals surface area contributed by atoms with Crippen molar-refractivity contribution < 1.29 is 4.79 Å². The first-order chi connectivity index (χ1) is 5.68. The van der Waals surface area contributed by atoms with E-state index in [1.165, 1.54) is 0 Å². The Kier molecular flexibility index (Phi) is 1.68. The van der Waals surface area contributed by atoms with Crippen molar-refractivity contribution in [1.29, 1.82) is 0 Å². The minimum Gasteiger partial charge on any atom is -0.348 e. The third kappa shape index (κ3) is 1.05. The van der Waals surface area contributed by atoms with Gasteiger partial charge in [0.25, 0.3) is 5.91 Å². The number of benzene rings is 1. The fourth-order valence-corrected chi connectivity index (χ4v) is 2.16.